The number of esters is 1. The molecule has 0 aliphatic rings. The summed E-state index contributed by atoms with van der Waals surface area (Å²) in [5, 5.41) is 0. The predicted octanol–water partition coefficient (Wildman–Crippen LogP) is 2.73. The Kier molecular flexibility index (Phi) is 6.22. The van der Waals surface area contributed by atoms with Crippen LogP contribution in [0.2, 0.25) is 0 Å². The van der Waals surface area contributed by atoms with Gasteiger partial charge in [-0.15, -0.1) is 0 Å². The number of rotatable bonds is 7. The lowest BCUT2D eigenvalue weighted by atomic mass is 9.99. The first-order valence-corrected chi connectivity index (χ1v) is 6.04. The largest absolute Gasteiger partial charge is 0.482 e. The van der Waals surface area contributed by atoms with E-state index in [-0.39, 0.29) is 13.4 Å². The molecular formula is C14H20O4. The first-order valence-electron chi connectivity index (χ1n) is 6.04. The molecule has 18 heavy (non-hydrogen) atoms. The van der Waals surface area contributed by atoms with E-state index in [1.54, 1.807) is 0 Å². The van der Waals surface area contributed by atoms with Crippen molar-refractivity contribution in [2.24, 2.45) is 0 Å². The highest BCUT2D eigenvalue weighted by Crippen LogP contribution is 2.21. The molecule has 0 spiro atoms. The molecule has 0 amide bonds. The fraction of sp³-hybridized carbons (Fsp3) is 0.500. The van der Waals surface area contributed by atoms with Crippen LogP contribution < -0.4 is 4.74 Å². The van der Waals surface area contributed by atoms with Crippen molar-refractivity contribution in [2.45, 2.75) is 26.2 Å². The molecule has 1 atom stereocenters. The van der Waals surface area contributed by atoms with Gasteiger partial charge in [0.15, 0.2) is 13.4 Å². The second-order valence-corrected chi connectivity index (χ2v) is 4.09. The summed E-state index contributed by atoms with van der Waals surface area (Å²) in [6, 6.07) is 7.77. The van der Waals surface area contributed by atoms with Crippen LogP contribution in [0.5, 0.6) is 5.75 Å². The maximum absolute atomic E-state index is 11.2. The average Bonchev–Trinajstić information content (AvgIpc) is 2.42. The number of hydrogen-bond donors (Lipinski definition) is 0. The average molecular weight is 252 g/mol. The van der Waals surface area contributed by atoms with Crippen LogP contribution in [0.1, 0.15) is 31.7 Å². The van der Waals surface area contributed by atoms with Gasteiger partial charge in [0.25, 0.3) is 0 Å². The van der Waals surface area contributed by atoms with Crippen molar-refractivity contribution in [1.29, 1.82) is 0 Å². The molecule has 0 saturated heterocycles. The maximum atomic E-state index is 11.2. The summed E-state index contributed by atoms with van der Waals surface area (Å²) in [5.74, 6) is 0.755. The standard InChI is InChI=1S/C14H20O4/c1-4-11(2)12-5-7-13(8-6-12)17-9-14(15)18-10-16-3/h5-8,11H,4,9-10H2,1-3H3. The van der Waals surface area contributed by atoms with E-state index in [0.717, 1.165) is 6.42 Å². The number of hydrogen-bond acceptors (Lipinski definition) is 4. The van der Waals surface area contributed by atoms with E-state index in [2.05, 4.69) is 18.6 Å². The summed E-state index contributed by atoms with van der Waals surface area (Å²) in [4.78, 5) is 11.2. The number of carbonyl (C=O) groups is 1. The number of benzene rings is 1. The van der Waals surface area contributed by atoms with Gasteiger partial charge in [0.2, 0.25) is 0 Å². The fourth-order valence-corrected chi connectivity index (χ4v) is 1.44. The molecule has 100 valence electrons. The molecule has 0 fully saturated rings. The molecule has 0 radical (unpaired) electrons. The molecule has 0 heterocycles. The zero-order valence-electron chi connectivity index (χ0n) is 11.1. The SMILES string of the molecule is CCC(C)c1ccc(OCC(=O)OCOC)cc1. The molecule has 0 N–H and O–H groups in total. The van der Waals surface area contributed by atoms with Gasteiger partial charge in [0.1, 0.15) is 5.75 Å². The van der Waals surface area contributed by atoms with Gasteiger partial charge >= 0.3 is 5.97 Å². The van der Waals surface area contributed by atoms with Gasteiger partial charge in [0.05, 0.1) is 0 Å². The second kappa shape index (κ2) is 7.71. The van der Waals surface area contributed by atoms with Gasteiger partial charge in [-0.3, -0.25) is 0 Å². The molecule has 1 aromatic carbocycles. The minimum Gasteiger partial charge on any atom is -0.482 e. The third kappa shape index (κ3) is 4.75. The quantitative estimate of drug-likeness (QED) is 0.553. The lowest BCUT2D eigenvalue weighted by Crippen LogP contribution is -2.16. The van der Waals surface area contributed by atoms with Crippen LogP contribution in [0.25, 0.3) is 0 Å². The van der Waals surface area contributed by atoms with Crippen LogP contribution in [0.3, 0.4) is 0 Å². The summed E-state index contributed by atoms with van der Waals surface area (Å²) in [5.41, 5.74) is 1.27. The smallest absolute Gasteiger partial charge is 0.346 e. The van der Waals surface area contributed by atoms with E-state index in [1.807, 2.05) is 24.3 Å². The molecule has 0 aromatic heterocycles. The Morgan fingerprint density at radius 3 is 2.50 bits per heavy atom. The van der Waals surface area contributed by atoms with Crippen LogP contribution in [-0.4, -0.2) is 26.5 Å². The van der Waals surface area contributed by atoms with Gasteiger partial charge < -0.3 is 14.2 Å². The van der Waals surface area contributed by atoms with Gasteiger partial charge in [-0.05, 0) is 30.0 Å². The van der Waals surface area contributed by atoms with Crippen LogP contribution in [0, 0.1) is 0 Å². The van der Waals surface area contributed by atoms with Gasteiger partial charge in [-0.2, -0.15) is 0 Å². The molecule has 0 aliphatic heterocycles. The Bertz CT molecular complexity index is 359. The second-order valence-electron chi connectivity index (χ2n) is 4.09. The summed E-state index contributed by atoms with van der Waals surface area (Å²) in [6.45, 7) is 4.18. The molecule has 1 rings (SSSR count). The lowest BCUT2D eigenvalue weighted by Gasteiger charge is -2.10. The van der Waals surface area contributed by atoms with Gasteiger partial charge in [-0.25, -0.2) is 4.79 Å². The van der Waals surface area contributed by atoms with E-state index in [0.29, 0.717) is 11.7 Å². The lowest BCUT2D eigenvalue weighted by molar-refractivity contribution is -0.156. The van der Waals surface area contributed by atoms with Gasteiger partial charge in [-0.1, -0.05) is 26.0 Å². The van der Waals surface area contributed by atoms with Crippen molar-refractivity contribution in [3.05, 3.63) is 29.8 Å². The minimum absolute atomic E-state index is 0.0465. The Balaban J connectivity index is 2.41. The highest BCUT2D eigenvalue weighted by Gasteiger charge is 2.05. The van der Waals surface area contributed by atoms with Crippen LogP contribution in [-0.2, 0) is 14.3 Å². The molecule has 0 saturated carbocycles. The zero-order valence-corrected chi connectivity index (χ0v) is 11.1. The zero-order chi connectivity index (χ0) is 13.4. The Labute approximate surface area is 108 Å². The Morgan fingerprint density at radius 2 is 1.94 bits per heavy atom. The van der Waals surface area contributed by atoms with E-state index >= 15 is 0 Å². The monoisotopic (exact) mass is 252 g/mol. The van der Waals surface area contributed by atoms with E-state index in [9.17, 15) is 4.79 Å². The molecular weight excluding hydrogens is 232 g/mol. The van der Waals surface area contributed by atoms with E-state index in [1.165, 1.54) is 12.7 Å². The van der Waals surface area contributed by atoms with Crippen molar-refractivity contribution in [3.63, 3.8) is 0 Å². The summed E-state index contributed by atoms with van der Waals surface area (Å²) in [7, 11) is 1.46. The molecule has 4 nitrogen and oxygen atoms in total. The summed E-state index contributed by atoms with van der Waals surface area (Å²) >= 11 is 0. The minimum atomic E-state index is -0.442. The number of methoxy groups -OCH3 is 1. The van der Waals surface area contributed by atoms with E-state index < -0.39 is 5.97 Å². The molecule has 4 heteroatoms. The summed E-state index contributed by atoms with van der Waals surface area (Å²) in [6.07, 6.45) is 1.10. The van der Waals surface area contributed by atoms with Crippen molar-refractivity contribution in [1.82, 2.24) is 0 Å². The van der Waals surface area contributed by atoms with Crippen LogP contribution in [0.4, 0.5) is 0 Å². The van der Waals surface area contributed by atoms with Crippen molar-refractivity contribution in [2.75, 3.05) is 20.5 Å². The van der Waals surface area contributed by atoms with Crippen molar-refractivity contribution in [3.8, 4) is 5.75 Å². The Morgan fingerprint density at radius 1 is 1.28 bits per heavy atom. The first-order chi connectivity index (χ1) is 8.67. The third-order valence-electron chi connectivity index (χ3n) is 2.76. The summed E-state index contributed by atoms with van der Waals surface area (Å²) < 4.78 is 14.6. The number of carbonyl (C=O) groups excluding carboxylic acids is 1. The maximum Gasteiger partial charge on any atom is 0.346 e. The van der Waals surface area contributed by atoms with Crippen LogP contribution >= 0.6 is 0 Å². The Hall–Kier alpha value is -1.55. The van der Waals surface area contributed by atoms with Gasteiger partial charge in [0, 0.05) is 7.11 Å². The number of ether oxygens (including phenoxy) is 3. The first kappa shape index (κ1) is 14.5. The highest BCUT2D eigenvalue weighted by atomic mass is 16.7. The van der Waals surface area contributed by atoms with Crippen LogP contribution in [0.15, 0.2) is 24.3 Å². The molecule has 1 unspecified atom stereocenters. The van der Waals surface area contributed by atoms with Crippen molar-refractivity contribution >= 4 is 5.97 Å². The normalized spacial score (nSPS) is 11.9. The molecule has 1 aromatic rings. The third-order valence-corrected chi connectivity index (χ3v) is 2.76. The molecule has 0 bridgehead atoms. The highest BCUT2D eigenvalue weighted by molar-refractivity contribution is 5.71. The van der Waals surface area contributed by atoms with Crippen molar-refractivity contribution < 1.29 is 19.0 Å². The fourth-order valence-electron chi connectivity index (χ4n) is 1.44. The predicted molar refractivity (Wildman–Crippen MR) is 68.6 cm³/mol. The molecule has 0 aliphatic carbocycles. The van der Waals surface area contributed by atoms with E-state index in [4.69, 9.17) is 9.47 Å². The topological polar surface area (TPSA) is 44.8 Å².